The average Bonchev–Trinajstić information content (AvgIpc) is 1.52. The zero-order chi connectivity index (χ0) is 60.3. The molecule has 2 aliphatic rings. The highest BCUT2D eigenvalue weighted by molar-refractivity contribution is 5.97. The van der Waals surface area contributed by atoms with E-state index in [1.165, 1.54) is 134 Å². The van der Waals surface area contributed by atoms with Crippen LogP contribution in [0.15, 0.2) is 249 Å². The average molecular weight is 1120 g/mol. The Bertz CT molecular complexity index is 4170. The summed E-state index contributed by atoms with van der Waals surface area (Å²) in [6, 6.07) is 86.2. The van der Waals surface area contributed by atoms with Crippen LogP contribution in [0.5, 0.6) is 0 Å². The Morgan fingerprint density at radius 3 is 1.76 bits per heavy atom. The summed E-state index contributed by atoms with van der Waals surface area (Å²) in [5.41, 5.74) is 32.7. The first-order chi connectivity index (χ1) is 41.7. The largest absolute Gasteiger partial charge is 0.0911 e. The normalized spacial score (nSPS) is 15.8. The Morgan fingerprint density at radius 2 is 1.05 bits per heavy atom. The predicted octanol–water partition coefficient (Wildman–Crippen LogP) is 23.8. The number of fused-ring (bicyclic) bond motifs is 6. The van der Waals surface area contributed by atoms with E-state index in [0.29, 0.717) is 17.8 Å². The van der Waals surface area contributed by atoms with Crippen molar-refractivity contribution in [2.75, 3.05) is 0 Å². The third-order valence-corrected chi connectivity index (χ3v) is 19.5. The van der Waals surface area contributed by atoms with Gasteiger partial charge in [-0.25, -0.2) is 0 Å². The Balaban J connectivity index is 0.000000211. The summed E-state index contributed by atoms with van der Waals surface area (Å²) in [4.78, 5) is 0. The smallest absolute Gasteiger partial charge is 0.0718 e. The first-order valence-electron chi connectivity index (χ1n) is 31.8. The molecule has 2 aliphatic carbocycles. The van der Waals surface area contributed by atoms with Gasteiger partial charge in [-0.2, -0.15) is 0 Å². The molecule has 0 N–H and O–H groups in total. The molecule has 4 unspecified atom stereocenters. The molecule has 0 heteroatoms. The second kappa shape index (κ2) is 25.2. The fourth-order valence-electron chi connectivity index (χ4n) is 14.5. The highest BCUT2D eigenvalue weighted by Crippen LogP contribution is 2.60. The second-order valence-electron chi connectivity index (χ2n) is 25.1. The van der Waals surface area contributed by atoms with Gasteiger partial charge in [0.05, 0.1) is 5.41 Å². The van der Waals surface area contributed by atoms with Gasteiger partial charge in [0.15, 0.2) is 0 Å². The summed E-state index contributed by atoms with van der Waals surface area (Å²) in [7, 11) is 0. The molecule has 12 rings (SSSR count). The SMILES string of the molecule is C=C(/C=C(\C)c1ccc2c(c1)C(C)(C)c1cc(-c3cccc4c3-c3ccccc3C4(c3ccccc3C)c3ccccc3CCC)ccc1-2)c1ccccc1.CC/C=C(\c1cccc(C(C)C(C)c2ccccc2-c2ccccc2C)c1)C(C)CC. The Labute approximate surface area is 515 Å². The molecular formula is C86H86. The van der Waals surface area contributed by atoms with Crippen LogP contribution >= 0.6 is 0 Å². The maximum Gasteiger partial charge on any atom is 0.0718 e. The highest BCUT2D eigenvalue weighted by Gasteiger charge is 2.48. The monoisotopic (exact) mass is 1120 g/mol. The van der Waals surface area contributed by atoms with Crippen LogP contribution in [-0.2, 0) is 17.3 Å². The molecule has 0 spiro atoms. The summed E-state index contributed by atoms with van der Waals surface area (Å²) < 4.78 is 0. The lowest BCUT2D eigenvalue weighted by atomic mass is 9.65. The zero-order valence-electron chi connectivity index (χ0n) is 52.9. The van der Waals surface area contributed by atoms with E-state index in [9.17, 15) is 0 Å². The lowest BCUT2D eigenvalue weighted by Crippen LogP contribution is -2.31. The van der Waals surface area contributed by atoms with Crippen LogP contribution in [0.4, 0.5) is 0 Å². The van der Waals surface area contributed by atoms with Crippen molar-refractivity contribution in [2.24, 2.45) is 5.92 Å². The van der Waals surface area contributed by atoms with E-state index in [-0.39, 0.29) is 5.41 Å². The molecule has 4 atom stereocenters. The summed E-state index contributed by atoms with van der Waals surface area (Å²) in [5.74, 6) is 1.45. The first-order valence-corrected chi connectivity index (χ1v) is 31.8. The van der Waals surface area contributed by atoms with Crippen molar-refractivity contribution < 1.29 is 0 Å². The highest BCUT2D eigenvalue weighted by atomic mass is 14.5. The number of rotatable bonds is 16. The van der Waals surface area contributed by atoms with Gasteiger partial charge in [0.25, 0.3) is 0 Å². The summed E-state index contributed by atoms with van der Waals surface area (Å²) >= 11 is 0. The van der Waals surface area contributed by atoms with E-state index < -0.39 is 5.41 Å². The maximum absolute atomic E-state index is 4.38. The van der Waals surface area contributed by atoms with Gasteiger partial charge in [0.1, 0.15) is 0 Å². The van der Waals surface area contributed by atoms with Gasteiger partial charge in [-0.05, 0) is 209 Å². The standard InChI is InChI=1S/C55H48.C31H38/c1-7-18-40-22-12-15-26-48(40)55(47-25-14-11-19-36(47)2)49-27-16-13-23-46(49)53-43(24-17-28-50(53)55)42-30-32-45-44-31-29-41(34-51(44)54(5,6)52(45)35-42)38(4)33-37(3)39-20-9-8-10-21-39;1-7-14-28(22(3)8-2)27-17-13-16-26(21-27)24(5)25(6)30-19-11-12-20-31(30)29-18-10-9-15-23(29)4/h8-17,19-35H,3,7,18H2,1-2,4-6H3;9-22,24-25H,7-8H2,1-6H3/b38-33+;28-14-. The maximum atomic E-state index is 4.38. The van der Waals surface area contributed by atoms with E-state index in [1.807, 2.05) is 0 Å². The Hall–Kier alpha value is -8.58. The molecule has 86 heavy (non-hydrogen) atoms. The molecule has 0 amide bonds. The summed E-state index contributed by atoms with van der Waals surface area (Å²) in [5, 5.41) is 0. The Morgan fingerprint density at radius 1 is 0.465 bits per heavy atom. The van der Waals surface area contributed by atoms with Crippen LogP contribution < -0.4 is 0 Å². The zero-order valence-corrected chi connectivity index (χ0v) is 52.9. The molecule has 0 heterocycles. The Kier molecular flexibility index (Phi) is 17.3. The van der Waals surface area contributed by atoms with Gasteiger partial charge in [0, 0.05) is 5.41 Å². The number of hydrogen-bond acceptors (Lipinski definition) is 0. The molecule has 0 saturated carbocycles. The molecule has 0 saturated heterocycles. The van der Waals surface area contributed by atoms with E-state index in [0.717, 1.165) is 30.4 Å². The number of allylic oxidation sites excluding steroid dienone is 5. The molecule has 0 nitrogen and oxygen atoms in total. The van der Waals surface area contributed by atoms with Crippen molar-refractivity contribution in [3.63, 3.8) is 0 Å². The fraction of sp³-hybridized carbons (Fsp3) is 0.233. The van der Waals surface area contributed by atoms with Crippen molar-refractivity contribution in [2.45, 2.75) is 125 Å². The van der Waals surface area contributed by atoms with Gasteiger partial charge in [-0.3, -0.25) is 0 Å². The molecule has 0 radical (unpaired) electrons. The van der Waals surface area contributed by atoms with Crippen molar-refractivity contribution in [1.29, 1.82) is 0 Å². The quantitative estimate of drug-likeness (QED) is 0.0846. The van der Waals surface area contributed by atoms with E-state index in [4.69, 9.17) is 0 Å². The number of benzene rings is 10. The van der Waals surface area contributed by atoms with Crippen LogP contribution in [0.25, 0.3) is 61.2 Å². The minimum atomic E-state index is -0.432. The summed E-state index contributed by atoms with van der Waals surface area (Å²) in [6.07, 6.45) is 9.03. The molecule has 10 aromatic rings. The lowest BCUT2D eigenvalue weighted by molar-refractivity contribution is 0.624. The molecule has 430 valence electrons. The van der Waals surface area contributed by atoms with Crippen LogP contribution in [0.3, 0.4) is 0 Å². The molecule has 0 fully saturated rings. The van der Waals surface area contributed by atoms with Crippen LogP contribution in [0.1, 0.15) is 171 Å². The third-order valence-electron chi connectivity index (χ3n) is 19.5. The van der Waals surface area contributed by atoms with Gasteiger partial charge in [-0.1, -0.05) is 299 Å². The van der Waals surface area contributed by atoms with Crippen molar-refractivity contribution in [3.05, 3.63) is 327 Å². The summed E-state index contributed by atoms with van der Waals surface area (Å²) in [6.45, 7) is 29.8. The number of aryl methyl sites for hydroxylation is 3. The number of hydrogen-bond donors (Lipinski definition) is 0. The van der Waals surface area contributed by atoms with Gasteiger partial charge in [0.2, 0.25) is 0 Å². The molecule has 0 bridgehead atoms. The van der Waals surface area contributed by atoms with Crippen LogP contribution in [-0.4, -0.2) is 0 Å². The van der Waals surface area contributed by atoms with Crippen molar-refractivity contribution >= 4 is 16.7 Å². The topological polar surface area (TPSA) is 0 Å². The third kappa shape index (κ3) is 10.8. The molecule has 0 aliphatic heterocycles. The first kappa shape index (κ1) is 59.2. The minimum absolute atomic E-state index is 0.159. The molecule has 0 aromatic heterocycles. The fourth-order valence-corrected chi connectivity index (χ4v) is 14.5. The van der Waals surface area contributed by atoms with Crippen molar-refractivity contribution in [1.82, 2.24) is 0 Å². The van der Waals surface area contributed by atoms with Crippen LogP contribution in [0, 0.1) is 19.8 Å². The van der Waals surface area contributed by atoms with Crippen molar-refractivity contribution in [3.8, 4) is 44.5 Å². The minimum Gasteiger partial charge on any atom is -0.0911 e. The van der Waals surface area contributed by atoms with Gasteiger partial charge in [-0.15, -0.1) is 0 Å². The van der Waals surface area contributed by atoms with E-state index >= 15 is 0 Å². The van der Waals surface area contributed by atoms with Crippen LogP contribution in [0.2, 0.25) is 0 Å². The molecular weight excluding hydrogens is 1030 g/mol. The predicted molar refractivity (Wildman–Crippen MR) is 372 cm³/mol. The second-order valence-corrected chi connectivity index (χ2v) is 25.1. The van der Waals surface area contributed by atoms with Gasteiger partial charge < -0.3 is 0 Å². The lowest BCUT2D eigenvalue weighted by Gasteiger charge is -2.36. The molecule has 10 aromatic carbocycles. The van der Waals surface area contributed by atoms with E-state index in [2.05, 4.69) is 325 Å². The van der Waals surface area contributed by atoms with E-state index in [1.54, 1.807) is 0 Å². The van der Waals surface area contributed by atoms with Gasteiger partial charge >= 0.3 is 0 Å².